The van der Waals surface area contributed by atoms with Gasteiger partial charge in [0.1, 0.15) is 5.58 Å². The molecule has 0 bridgehead atoms. The standard InChI is InChI=1S/C14H13N3O3S/c1-19-7-9-5-13(18)20-12-6-10(3-4-11(9)12)17-14(21-2)16-8-15/h3-6H,7H2,1-2H3,(H,16,17). The number of benzene rings is 1. The van der Waals surface area contributed by atoms with Crippen LogP contribution in [0.4, 0.5) is 5.69 Å². The highest BCUT2D eigenvalue weighted by molar-refractivity contribution is 8.13. The minimum atomic E-state index is -0.434. The average molecular weight is 303 g/mol. The van der Waals surface area contributed by atoms with E-state index in [1.165, 1.54) is 17.8 Å². The second kappa shape index (κ2) is 6.92. The smallest absolute Gasteiger partial charge is 0.336 e. The molecule has 0 unspecified atom stereocenters. The number of amidine groups is 1. The summed E-state index contributed by atoms with van der Waals surface area (Å²) in [6, 6.07) is 6.68. The third kappa shape index (κ3) is 3.62. The predicted octanol–water partition coefficient (Wildman–Crippen LogP) is 2.36. The highest BCUT2D eigenvalue weighted by Gasteiger charge is 2.07. The molecule has 1 aromatic carbocycles. The number of aliphatic imine (C=N–C) groups is 1. The van der Waals surface area contributed by atoms with Gasteiger partial charge in [0.2, 0.25) is 0 Å². The Labute approximate surface area is 125 Å². The van der Waals surface area contributed by atoms with E-state index >= 15 is 0 Å². The molecule has 0 saturated heterocycles. The third-order valence-electron chi connectivity index (χ3n) is 2.70. The Hall–Kier alpha value is -2.30. The number of rotatable bonds is 3. The zero-order valence-corrected chi connectivity index (χ0v) is 12.4. The van der Waals surface area contributed by atoms with E-state index in [9.17, 15) is 4.79 Å². The molecule has 108 valence electrons. The molecule has 0 amide bonds. The number of nitrogens with zero attached hydrogens (tertiary/aromatic N) is 2. The first-order valence-electron chi connectivity index (χ1n) is 6.01. The van der Waals surface area contributed by atoms with Crippen LogP contribution in [0.3, 0.4) is 0 Å². The summed E-state index contributed by atoms with van der Waals surface area (Å²) in [5.41, 5.74) is 1.36. The van der Waals surface area contributed by atoms with Gasteiger partial charge in [0.25, 0.3) is 0 Å². The fourth-order valence-electron chi connectivity index (χ4n) is 1.85. The van der Waals surface area contributed by atoms with Crippen LogP contribution in [-0.4, -0.2) is 18.5 Å². The van der Waals surface area contributed by atoms with Gasteiger partial charge in [-0.3, -0.25) is 5.32 Å². The first-order chi connectivity index (χ1) is 10.2. The molecule has 0 aliphatic rings. The summed E-state index contributed by atoms with van der Waals surface area (Å²) >= 11 is 1.31. The highest BCUT2D eigenvalue weighted by Crippen LogP contribution is 2.24. The number of nitriles is 1. The lowest BCUT2D eigenvalue weighted by molar-refractivity contribution is 0.185. The zero-order chi connectivity index (χ0) is 15.2. The summed E-state index contributed by atoms with van der Waals surface area (Å²) in [5.74, 6) is 0. The van der Waals surface area contributed by atoms with Crippen molar-refractivity contribution in [3.8, 4) is 6.19 Å². The summed E-state index contributed by atoms with van der Waals surface area (Å²) in [4.78, 5) is 15.8. The van der Waals surface area contributed by atoms with E-state index < -0.39 is 5.63 Å². The van der Waals surface area contributed by atoms with Crippen molar-refractivity contribution in [1.82, 2.24) is 5.32 Å². The molecule has 0 aliphatic heterocycles. The van der Waals surface area contributed by atoms with Gasteiger partial charge in [-0.2, -0.15) is 5.26 Å². The second-order valence-corrected chi connectivity index (χ2v) is 4.86. The molecule has 7 heteroatoms. The molecular formula is C14H13N3O3S. The molecule has 0 radical (unpaired) electrons. The molecule has 2 rings (SSSR count). The number of nitrogens with one attached hydrogen (secondary N) is 1. The van der Waals surface area contributed by atoms with Gasteiger partial charge in [0.15, 0.2) is 11.4 Å². The largest absolute Gasteiger partial charge is 0.423 e. The van der Waals surface area contributed by atoms with Gasteiger partial charge in [0, 0.05) is 24.6 Å². The highest BCUT2D eigenvalue weighted by atomic mass is 32.2. The Morgan fingerprint density at radius 1 is 1.52 bits per heavy atom. The quantitative estimate of drug-likeness (QED) is 0.308. The maximum absolute atomic E-state index is 11.6. The molecule has 0 spiro atoms. The number of hydrogen-bond donors (Lipinski definition) is 1. The lowest BCUT2D eigenvalue weighted by Crippen LogP contribution is -2.12. The minimum Gasteiger partial charge on any atom is -0.423 e. The Balaban J connectivity index is 2.52. The van der Waals surface area contributed by atoms with Crippen LogP contribution in [0.5, 0.6) is 0 Å². The Kier molecular flexibility index (Phi) is 4.98. The van der Waals surface area contributed by atoms with Crippen LogP contribution in [0.25, 0.3) is 11.0 Å². The van der Waals surface area contributed by atoms with E-state index in [-0.39, 0.29) is 0 Å². The van der Waals surface area contributed by atoms with Crippen molar-refractivity contribution in [3.63, 3.8) is 0 Å². The number of hydrogen-bond acceptors (Lipinski definition) is 6. The summed E-state index contributed by atoms with van der Waals surface area (Å²) in [6.45, 7) is 0.330. The van der Waals surface area contributed by atoms with E-state index in [0.29, 0.717) is 23.0 Å². The van der Waals surface area contributed by atoms with Crippen molar-refractivity contribution in [2.45, 2.75) is 6.61 Å². The summed E-state index contributed by atoms with van der Waals surface area (Å²) in [6.07, 6.45) is 3.63. The van der Waals surface area contributed by atoms with Crippen LogP contribution in [-0.2, 0) is 11.3 Å². The van der Waals surface area contributed by atoms with Crippen molar-refractivity contribution in [1.29, 1.82) is 5.26 Å². The van der Waals surface area contributed by atoms with E-state index in [1.807, 2.05) is 12.3 Å². The van der Waals surface area contributed by atoms with Crippen molar-refractivity contribution in [2.75, 3.05) is 13.4 Å². The van der Waals surface area contributed by atoms with Crippen molar-refractivity contribution in [2.24, 2.45) is 4.99 Å². The van der Waals surface area contributed by atoms with E-state index in [0.717, 1.165) is 10.9 Å². The molecule has 1 N–H and O–H groups in total. The summed E-state index contributed by atoms with van der Waals surface area (Å²) < 4.78 is 10.3. The predicted molar refractivity (Wildman–Crippen MR) is 82.6 cm³/mol. The van der Waals surface area contributed by atoms with Gasteiger partial charge in [-0.15, -0.1) is 0 Å². The topological polar surface area (TPSA) is 87.6 Å². The minimum absolute atomic E-state index is 0.330. The lowest BCUT2D eigenvalue weighted by Gasteiger charge is -2.05. The van der Waals surface area contributed by atoms with Crippen molar-refractivity contribution in [3.05, 3.63) is 40.2 Å². The maximum atomic E-state index is 11.6. The molecular weight excluding hydrogens is 290 g/mol. The Morgan fingerprint density at radius 2 is 2.33 bits per heavy atom. The Morgan fingerprint density at radius 3 is 3.00 bits per heavy atom. The first-order valence-corrected chi connectivity index (χ1v) is 7.24. The normalized spacial score (nSPS) is 11.4. The molecule has 21 heavy (non-hydrogen) atoms. The molecule has 0 atom stereocenters. The molecule has 2 aromatic rings. The molecule has 1 heterocycles. The van der Waals surface area contributed by atoms with Gasteiger partial charge in [-0.1, -0.05) is 11.8 Å². The van der Waals surface area contributed by atoms with Gasteiger partial charge in [-0.25, -0.2) is 9.79 Å². The van der Waals surface area contributed by atoms with Crippen molar-refractivity contribution < 1.29 is 9.15 Å². The van der Waals surface area contributed by atoms with Crippen LogP contribution < -0.4 is 10.9 Å². The molecule has 6 nitrogen and oxygen atoms in total. The molecule has 0 aliphatic carbocycles. The molecule has 0 fully saturated rings. The van der Waals surface area contributed by atoms with Crippen LogP contribution >= 0.6 is 11.8 Å². The van der Waals surface area contributed by atoms with E-state index in [2.05, 4.69) is 10.3 Å². The molecule has 1 aromatic heterocycles. The van der Waals surface area contributed by atoms with E-state index in [4.69, 9.17) is 14.4 Å². The van der Waals surface area contributed by atoms with Crippen LogP contribution in [0.1, 0.15) is 5.56 Å². The first kappa shape index (κ1) is 15.1. The van der Waals surface area contributed by atoms with Crippen LogP contribution in [0.2, 0.25) is 0 Å². The number of methoxy groups -OCH3 is 1. The summed E-state index contributed by atoms with van der Waals surface area (Å²) in [7, 11) is 1.57. The maximum Gasteiger partial charge on any atom is 0.336 e. The number of fused-ring (bicyclic) bond motifs is 1. The fourth-order valence-corrected chi connectivity index (χ4v) is 2.20. The number of thioether (sulfide) groups is 1. The monoisotopic (exact) mass is 303 g/mol. The van der Waals surface area contributed by atoms with Crippen LogP contribution in [0, 0.1) is 11.5 Å². The lowest BCUT2D eigenvalue weighted by atomic mass is 10.1. The Bertz CT molecular complexity index is 777. The average Bonchev–Trinajstić information content (AvgIpc) is 2.46. The van der Waals surface area contributed by atoms with Gasteiger partial charge in [-0.05, 0) is 24.0 Å². The third-order valence-corrected chi connectivity index (χ3v) is 3.28. The van der Waals surface area contributed by atoms with E-state index in [1.54, 1.807) is 25.5 Å². The SMILES string of the molecule is COCc1cc(=O)oc2cc(N=C(NC#N)SC)ccc12. The van der Waals surface area contributed by atoms with Gasteiger partial charge >= 0.3 is 5.63 Å². The summed E-state index contributed by atoms with van der Waals surface area (Å²) in [5, 5.41) is 12.4. The van der Waals surface area contributed by atoms with Crippen molar-refractivity contribution >= 4 is 33.6 Å². The number of ether oxygens (including phenoxy) is 1. The molecule has 0 saturated carbocycles. The second-order valence-electron chi connectivity index (χ2n) is 4.06. The fraction of sp³-hybridized carbons (Fsp3) is 0.214. The van der Waals surface area contributed by atoms with Gasteiger partial charge in [0.05, 0.1) is 12.3 Å². The van der Waals surface area contributed by atoms with Crippen LogP contribution in [0.15, 0.2) is 38.5 Å². The van der Waals surface area contributed by atoms with Gasteiger partial charge < -0.3 is 9.15 Å². The zero-order valence-electron chi connectivity index (χ0n) is 11.5.